The molecule has 1 aliphatic carbocycles. The van der Waals surface area contributed by atoms with Crippen LogP contribution in [0, 0.1) is 0 Å². The van der Waals surface area contributed by atoms with Crippen molar-refractivity contribution in [2.24, 2.45) is 0 Å². The van der Waals surface area contributed by atoms with Gasteiger partial charge in [-0.2, -0.15) is 0 Å². The number of anilines is 2. The lowest BCUT2D eigenvalue weighted by Crippen LogP contribution is -2.31. The van der Waals surface area contributed by atoms with Gasteiger partial charge in [-0.05, 0) is 19.8 Å². The van der Waals surface area contributed by atoms with Crippen molar-refractivity contribution in [2.75, 3.05) is 11.1 Å². The summed E-state index contributed by atoms with van der Waals surface area (Å²) in [4.78, 5) is 8.01. The summed E-state index contributed by atoms with van der Waals surface area (Å²) in [6.45, 7) is 2.22. The molecule has 1 heterocycles. The number of hydrogen-bond acceptors (Lipinski definition) is 4. The molecule has 4 heteroatoms. The predicted octanol–water partition coefficient (Wildman–Crippen LogP) is 1.80. The number of nitrogens with one attached hydrogen (secondary N) is 1. The maximum atomic E-state index is 5.77. The van der Waals surface area contributed by atoms with Crippen molar-refractivity contribution < 1.29 is 0 Å². The van der Waals surface area contributed by atoms with Crippen LogP contribution >= 0.6 is 0 Å². The minimum atomic E-state index is 0.169. The smallest absolute Gasteiger partial charge is 0.153 e. The normalized spacial score (nSPS) is 19.5. The Bertz CT molecular complexity index is 318. The van der Waals surface area contributed by atoms with Gasteiger partial charge in [0, 0.05) is 5.54 Å². The van der Waals surface area contributed by atoms with E-state index in [9.17, 15) is 0 Å². The first-order chi connectivity index (χ1) is 6.70. The second-order valence-electron chi connectivity index (χ2n) is 4.22. The van der Waals surface area contributed by atoms with Gasteiger partial charge in [-0.1, -0.05) is 12.8 Å². The molecule has 2 rings (SSSR count). The van der Waals surface area contributed by atoms with Crippen LogP contribution in [-0.2, 0) is 0 Å². The first-order valence-electron chi connectivity index (χ1n) is 5.03. The number of aromatic nitrogens is 2. The van der Waals surface area contributed by atoms with Crippen LogP contribution in [0.2, 0.25) is 0 Å². The van der Waals surface area contributed by atoms with E-state index in [4.69, 9.17) is 5.73 Å². The summed E-state index contributed by atoms with van der Waals surface area (Å²) in [5, 5.41) is 3.41. The van der Waals surface area contributed by atoms with Crippen molar-refractivity contribution in [2.45, 2.75) is 38.1 Å². The molecule has 0 radical (unpaired) electrons. The Labute approximate surface area is 83.9 Å². The van der Waals surface area contributed by atoms with Gasteiger partial charge in [-0.25, -0.2) is 9.97 Å². The second kappa shape index (κ2) is 3.44. The van der Waals surface area contributed by atoms with E-state index in [-0.39, 0.29) is 5.54 Å². The Morgan fingerprint density at radius 2 is 2.14 bits per heavy atom. The molecule has 0 amide bonds. The summed E-state index contributed by atoms with van der Waals surface area (Å²) in [7, 11) is 0. The van der Waals surface area contributed by atoms with Gasteiger partial charge in [0.2, 0.25) is 0 Å². The van der Waals surface area contributed by atoms with Crippen molar-refractivity contribution in [3.63, 3.8) is 0 Å². The van der Waals surface area contributed by atoms with Gasteiger partial charge in [-0.3, -0.25) is 0 Å². The lowest BCUT2D eigenvalue weighted by Gasteiger charge is -2.26. The number of hydrogen-bond donors (Lipinski definition) is 2. The molecule has 1 aliphatic rings. The third-order valence-corrected chi connectivity index (χ3v) is 2.87. The summed E-state index contributed by atoms with van der Waals surface area (Å²) in [6.07, 6.45) is 8.11. The fraction of sp³-hybridized carbons (Fsp3) is 0.600. The molecule has 14 heavy (non-hydrogen) atoms. The zero-order valence-electron chi connectivity index (χ0n) is 8.45. The molecule has 4 nitrogen and oxygen atoms in total. The quantitative estimate of drug-likeness (QED) is 0.750. The molecule has 76 valence electrons. The Kier molecular flexibility index (Phi) is 2.27. The second-order valence-corrected chi connectivity index (χ2v) is 4.22. The van der Waals surface area contributed by atoms with E-state index in [0.29, 0.717) is 5.69 Å². The molecular weight excluding hydrogens is 176 g/mol. The molecule has 0 atom stereocenters. The fourth-order valence-corrected chi connectivity index (χ4v) is 2.01. The third-order valence-electron chi connectivity index (χ3n) is 2.87. The van der Waals surface area contributed by atoms with Crippen molar-refractivity contribution in [1.29, 1.82) is 0 Å². The van der Waals surface area contributed by atoms with Crippen molar-refractivity contribution in [3.8, 4) is 0 Å². The first-order valence-corrected chi connectivity index (χ1v) is 5.03. The van der Waals surface area contributed by atoms with Crippen LogP contribution in [0.1, 0.15) is 32.6 Å². The molecule has 0 spiro atoms. The average Bonchev–Trinajstić information content (AvgIpc) is 2.57. The van der Waals surface area contributed by atoms with Crippen molar-refractivity contribution in [3.05, 3.63) is 12.5 Å². The summed E-state index contributed by atoms with van der Waals surface area (Å²) in [6, 6.07) is 0. The zero-order valence-corrected chi connectivity index (χ0v) is 8.45. The molecule has 0 aliphatic heterocycles. The largest absolute Gasteiger partial charge is 0.394 e. The SMILES string of the molecule is CC1(Nc2ncncc2N)CCCC1. The summed E-state index contributed by atoms with van der Waals surface area (Å²) < 4.78 is 0. The standard InChI is InChI=1S/C10H16N4/c1-10(4-2-3-5-10)14-9-8(11)6-12-7-13-9/h6-7H,2-5,11H2,1H3,(H,12,13,14). The number of nitrogen functional groups attached to an aromatic ring is 1. The molecular formula is C10H16N4. The molecule has 1 fully saturated rings. The lowest BCUT2D eigenvalue weighted by molar-refractivity contribution is 0.531. The molecule has 0 aromatic carbocycles. The monoisotopic (exact) mass is 192 g/mol. The van der Waals surface area contributed by atoms with E-state index in [1.165, 1.54) is 32.0 Å². The highest BCUT2D eigenvalue weighted by molar-refractivity contribution is 5.60. The van der Waals surface area contributed by atoms with E-state index in [1.807, 2.05) is 0 Å². The predicted molar refractivity (Wildman–Crippen MR) is 56.9 cm³/mol. The molecule has 1 saturated carbocycles. The van der Waals surface area contributed by atoms with Crippen LogP contribution in [0.3, 0.4) is 0 Å². The molecule has 1 aromatic heterocycles. The molecule has 1 aromatic rings. The van der Waals surface area contributed by atoms with E-state index in [1.54, 1.807) is 6.20 Å². The Morgan fingerprint density at radius 3 is 2.79 bits per heavy atom. The third kappa shape index (κ3) is 1.78. The van der Waals surface area contributed by atoms with Gasteiger partial charge in [0.25, 0.3) is 0 Å². The van der Waals surface area contributed by atoms with Gasteiger partial charge in [0.15, 0.2) is 5.82 Å². The summed E-state index contributed by atoms with van der Waals surface area (Å²) >= 11 is 0. The van der Waals surface area contributed by atoms with Gasteiger partial charge in [0.1, 0.15) is 6.33 Å². The highest BCUT2D eigenvalue weighted by Gasteiger charge is 2.29. The molecule has 0 unspecified atom stereocenters. The van der Waals surface area contributed by atoms with E-state index in [2.05, 4.69) is 22.2 Å². The van der Waals surface area contributed by atoms with E-state index < -0.39 is 0 Å². The van der Waals surface area contributed by atoms with E-state index >= 15 is 0 Å². The lowest BCUT2D eigenvalue weighted by atomic mass is 10.0. The average molecular weight is 192 g/mol. The summed E-state index contributed by atoms with van der Waals surface area (Å²) in [5.41, 5.74) is 6.56. The highest BCUT2D eigenvalue weighted by Crippen LogP contribution is 2.32. The van der Waals surface area contributed by atoms with Gasteiger partial charge < -0.3 is 11.1 Å². The van der Waals surface area contributed by atoms with Crippen LogP contribution in [-0.4, -0.2) is 15.5 Å². The first kappa shape index (κ1) is 9.24. The van der Waals surface area contributed by atoms with Crippen LogP contribution < -0.4 is 11.1 Å². The Balaban J connectivity index is 2.14. The van der Waals surface area contributed by atoms with E-state index in [0.717, 1.165) is 5.82 Å². The van der Waals surface area contributed by atoms with Crippen LogP contribution in [0.15, 0.2) is 12.5 Å². The minimum absolute atomic E-state index is 0.169. The molecule has 0 saturated heterocycles. The molecule has 0 bridgehead atoms. The van der Waals surface area contributed by atoms with Crippen molar-refractivity contribution >= 4 is 11.5 Å². The maximum absolute atomic E-state index is 5.77. The van der Waals surface area contributed by atoms with Gasteiger partial charge in [0.05, 0.1) is 11.9 Å². The van der Waals surface area contributed by atoms with Crippen LogP contribution in [0.5, 0.6) is 0 Å². The zero-order chi connectivity index (χ0) is 10.0. The Morgan fingerprint density at radius 1 is 1.43 bits per heavy atom. The fourth-order valence-electron chi connectivity index (χ4n) is 2.01. The van der Waals surface area contributed by atoms with Crippen molar-refractivity contribution in [1.82, 2.24) is 9.97 Å². The number of nitrogens with zero attached hydrogens (tertiary/aromatic N) is 2. The number of rotatable bonds is 2. The van der Waals surface area contributed by atoms with Crippen LogP contribution in [0.25, 0.3) is 0 Å². The highest BCUT2D eigenvalue weighted by atomic mass is 15.1. The molecule has 3 N–H and O–H groups in total. The van der Waals surface area contributed by atoms with Gasteiger partial charge in [-0.15, -0.1) is 0 Å². The number of nitrogens with two attached hydrogens (primary N) is 1. The maximum Gasteiger partial charge on any atom is 0.153 e. The topological polar surface area (TPSA) is 63.8 Å². The minimum Gasteiger partial charge on any atom is -0.394 e. The van der Waals surface area contributed by atoms with Gasteiger partial charge >= 0.3 is 0 Å². The summed E-state index contributed by atoms with van der Waals surface area (Å²) in [5.74, 6) is 0.768. The van der Waals surface area contributed by atoms with Crippen LogP contribution in [0.4, 0.5) is 11.5 Å². The Hall–Kier alpha value is -1.32.